The maximum Gasteiger partial charge on any atom is 0.253 e. The lowest BCUT2D eigenvalue weighted by molar-refractivity contribution is 0.493. The van der Waals surface area contributed by atoms with Gasteiger partial charge in [-0.3, -0.25) is 9.36 Å². The summed E-state index contributed by atoms with van der Waals surface area (Å²) in [4.78, 5) is 19.5. The molecule has 0 unspecified atom stereocenters. The van der Waals surface area contributed by atoms with Gasteiger partial charge in [-0.15, -0.1) is 0 Å². The molecule has 84 valence electrons. The summed E-state index contributed by atoms with van der Waals surface area (Å²) in [6.45, 7) is 4.43. The largest absolute Gasteiger partial charge is 0.292 e. The van der Waals surface area contributed by atoms with E-state index < -0.39 is 0 Å². The molecule has 0 aromatic carbocycles. The molecule has 0 bridgehead atoms. The molecule has 0 N–H and O–H groups in total. The van der Waals surface area contributed by atoms with E-state index in [4.69, 9.17) is 0 Å². The summed E-state index contributed by atoms with van der Waals surface area (Å²) < 4.78 is 3.29. The van der Waals surface area contributed by atoms with Gasteiger partial charge in [0.1, 0.15) is 12.2 Å². The van der Waals surface area contributed by atoms with E-state index in [1.165, 1.54) is 29.5 Å². The van der Waals surface area contributed by atoms with Crippen molar-refractivity contribution in [3.63, 3.8) is 0 Å². The van der Waals surface area contributed by atoms with Crippen LogP contribution in [0.3, 0.4) is 0 Å². The van der Waals surface area contributed by atoms with Crippen molar-refractivity contribution < 1.29 is 0 Å². The molecular weight excluding hydrogens is 206 g/mol. The molecule has 0 amide bonds. The lowest BCUT2D eigenvalue weighted by Crippen LogP contribution is -2.22. The summed E-state index contributed by atoms with van der Waals surface area (Å²) in [6, 6.07) is 1.65. The highest BCUT2D eigenvalue weighted by atomic mass is 16.1. The van der Waals surface area contributed by atoms with E-state index in [2.05, 4.69) is 15.1 Å². The molecule has 6 heteroatoms. The summed E-state index contributed by atoms with van der Waals surface area (Å²) in [5.41, 5.74) is -0.0895. The third kappa shape index (κ3) is 2.00. The van der Waals surface area contributed by atoms with Crippen LogP contribution < -0.4 is 5.56 Å². The van der Waals surface area contributed by atoms with Crippen molar-refractivity contribution in [2.75, 3.05) is 0 Å². The first-order valence-corrected chi connectivity index (χ1v) is 5.07. The second kappa shape index (κ2) is 4.26. The van der Waals surface area contributed by atoms with Crippen molar-refractivity contribution in [1.82, 2.24) is 24.3 Å². The molecule has 2 aromatic heterocycles. The van der Waals surface area contributed by atoms with Gasteiger partial charge in [-0.25, -0.2) is 14.6 Å². The lowest BCUT2D eigenvalue weighted by atomic mass is 10.4. The highest BCUT2D eigenvalue weighted by molar-refractivity contribution is 4.91. The first-order chi connectivity index (χ1) is 7.68. The molecule has 2 heterocycles. The Morgan fingerprint density at radius 2 is 2.25 bits per heavy atom. The Morgan fingerprint density at radius 1 is 1.44 bits per heavy atom. The monoisotopic (exact) mass is 219 g/mol. The van der Waals surface area contributed by atoms with Crippen LogP contribution in [0.1, 0.15) is 25.7 Å². The van der Waals surface area contributed by atoms with Crippen molar-refractivity contribution in [3.8, 4) is 0 Å². The van der Waals surface area contributed by atoms with E-state index in [-0.39, 0.29) is 11.6 Å². The van der Waals surface area contributed by atoms with Gasteiger partial charge in [0.05, 0.1) is 12.9 Å². The van der Waals surface area contributed by atoms with E-state index in [9.17, 15) is 4.79 Å². The zero-order chi connectivity index (χ0) is 11.5. The molecule has 0 saturated carbocycles. The van der Waals surface area contributed by atoms with E-state index >= 15 is 0 Å². The fraction of sp³-hybridized carbons (Fsp3) is 0.400. The minimum Gasteiger partial charge on any atom is -0.292 e. The molecule has 0 spiro atoms. The van der Waals surface area contributed by atoms with Gasteiger partial charge >= 0.3 is 0 Å². The third-order valence-electron chi connectivity index (χ3n) is 2.24. The van der Waals surface area contributed by atoms with E-state index in [1.54, 1.807) is 4.68 Å². The summed E-state index contributed by atoms with van der Waals surface area (Å²) in [5.74, 6) is 0.755. The van der Waals surface area contributed by atoms with Gasteiger partial charge in [-0.05, 0) is 13.8 Å². The Bertz CT molecular complexity index is 528. The molecular formula is C10H13N5O. The molecule has 0 aliphatic rings. The molecule has 0 atom stereocenters. The van der Waals surface area contributed by atoms with Crippen LogP contribution in [0.15, 0.2) is 29.7 Å². The predicted octanol–water partition coefficient (Wildman–Crippen LogP) is 0.464. The molecule has 0 aliphatic carbocycles. The predicted molar refractivity (Wildman–Crippen MR) is 58.0 cm³/mol. The molecule has 0 fully saturated rings. The highest BCUT2D eigenvalue weighted by Crippen LogP contribution is 2.05. The Hall–Kier alpha value is -1.98. The van der Waals surface area contributed by atoms with Crippen LogP contribution in [-0.4, -0.2) is 24.3 Å². The van der Waals surface area contributed by atoms with Crippen LogP contribution in [0, 0.1) is 0 Å². The third-order valence-corrected chi connectivity index (χ3v) is 2.24. The van der Waals surface area contributed by atoms with Crippen molar-refractivity contribution in [3.05, 3.63) is 41.1 Å². The van der Waals surface area contributed by atoms with Crippen molar-refractivity contribution in [2.24, 2.45) is 0 Å². The van der Waals surface area contributed by atoms with Crippen molar-refractivity contribution in [2.45, 2.75) is 26.4 Å². The second-order valence-corrected chi connectivity index (χ2v) is 3.76. The number of hydrogen-bond acceptors (Lipinski definition) is 4. The normalized spacial score (nSPS) is 10.9. The quantitative estimate of drug-likeness (QED) is 0.752. The zero-order valence-corrected chi connectivity index (χ0v) is 9.24. The van der Waals surface area contributed by atoms with E-state index in [0.29, 0.717) is 6.54 Å². The maximum absolute atomic E-state index is 11.5. The average molecular weight is 219 g/mol. The van der Waals surface area contributed by atoms with Crippen LogP contribution >= 0.6 is 0 Å². The van der Waals surface area contributed by atoms with Gasteiger partial charge in [-0.2, -0.15) is 5.10 Å². The summed E-state index contributed by atoms with van der Waals surface area (Å²) >= 11 is 0. The summed E-state index contributed by atoms with van der Waals surface area (Å²) in [6.07, 6.45) is 4.48. The summed E-state index contributed by atoms with van der Waals surface area (Å²) in [7, 11) is 0. The maximum atomic E-state index is 11.5. The van der Waals surface area contributed by atoms with Gasteiger partial charge in [0.15, 0.2) is 0 Å². The smallest absolute Gasteiger partial charge is 0.253 e. The molecule has 16 heavy (non-hydrogen) atoms. The van der Waals surface area contributed by atoms with Gasteiger partial charge < -0.3 is 0 Å². The molecule has 0 saturated heterocycles. The minimum atomic E-state index is -0.0895. The van der Waals surface area contributed by atoms with Crippen molar-refractivity contribution in [1.29, 1.82) is 0 Å². The van der Waals surface area contributed by atoms with Gasteiger partial charge in [0.25, 0.3) is 5.56 Å². The molecule has 0 radical (unpaired) electrons. The standard InChI is InChI=1S/C10H13N5O/c1-8(2)15-9(12-6-13-15)5-14-7-11-4-3-10(14)16/h3-4,6-8H,5H2,1-2H3. The van der Waals surface area contributed by atoms with Crippen LogP contribution in [0.4, 0.5) is 0 Å². The first kappa shape index (κ1) is 10.5. The number of nitrogens with zero attached hydrogens (tertiary/aromatic N) is 5. The van der Waals surface area contributed by atoms with Crippen molar-refractivity contribution >= 4 is 0 Å². The number of aromatic nitrogens is 5. The van der Waals surface area contributed by atoms with Crippen LogP contribution in [-0.2, 0) is 6.54 Å². The lowest BCUT2D eigenvalue weighted by Gasteiger charge is -2.09. The number of rotatable bonds is 3. The Kier molecular flexibility index (Phi) is 2.80. The first-order valence-electron chi connectivity index (χ1n) is 5.07. The van der Waals surface area contributed by atoms with Crippen LogP contribution in [0.25, 0.3) is 0 Å². The molecule has 0 aliphatic heterocycles. The Morgan fingerprint density at radius 3 is 2.94 bits per heavy atom. The zero-order valence-electron chi connectivity index (χ0n) is 9.24. The fourth-order valence-corrected chi connectivity index (χ4v) is 1.47. The average Bonchev–Trinajstić information content (AvgIpc) is 2.69. The Balaban J connectivity index is 2.31. The van der Waals surface area contributed by atoms with Crippen LogP contribution in [0.5, 0.6) is 0 Å². The number of hydrogen-bond donors (Lipinski definition) is 0. The van der Waals surface area contributed by atoms with Gasteiger partial charge in [-0.1, -0.05) is 0 Å². The summed E-state index contributed by atoms with van der Waals surface area (Å²) in [5, 5.41) is 4.11. The molecule has 2 aromatic rings. The second-order valence-electron chi connectivity index (χ2n) is 3.76. The van der Waals surface area contributed by atoms with E-state index in [1.807, 2.05) is 13.8 Å². The van der Waals surface area contributed by atoms with E-state index in [0.717, 1.165) is 5.82 Å². The van der Waals surface area contributed by atoms with Crippen LogP contribution in [0.2, 0.25) is 0 Å². The Labute approximate surface area is 92.6 Å². The molecule has 2 rings (SSSR count). The van der Waals surface area contributed by atoms with Gasteiger partial charge in [0.2, 0.25) is 0 Å². The van der Waals surface area contributed by atoms with Gasteiger partial charge in [0, 0.05) is 18.3 Å². The fourth-order valence-electron chi connectivity index (χ4n) is 1.47. The highest BCUT2D eigenvalue weighted by Gasteiger charge is 2.08. The topological polar surface area (TPSA) is 65.6 Å². The SMILES string of the molecule is CC(C)n1ncnc1Cn1cnccc1=O. The minimum absolute atomic E-state index is 0.0895. The molecule has 6 nitrogen and oxygen atoms in total.